The van der Waals surface area contributed by atoms with Gasteiger partial charge in [0.15, 0.2) is 5.79 Å². The third-order valence-electron chi connectivity index (χ3n) is 5.65. The molecule has 0 radical (unpaired) electrons. The number of amides is 1. The van der Waals surface area contributed by atoms with Crippen molar-refractivity contribution in [2.24, 2.45) is 0 Å². The fraction of sp³-hybridized carbons (Fsp3) is 0.632. The zero-order valence-corrected chi connectivity index (χ0v) is 14.4. The molecule has 1 aromatic carbocycles. The minimum absolute atomic E-state index is 0.102. The molecule has 1 spiro atoms. The van der Waals surface area contributed by atoms with E-state index in [0.717, 1.165) is 51.0 Å². The van der Waals surface area contributed by atoms with E-state index in [0.29, 0.717) is 13.2 Å². The Morgan fingerprint density at radius 3 is 2.58 bits per heavy atom. The van der Waals surface area contributed by atoms with Crippen LogP contribution in [0.5, 0.6) is 0 Å². The molecule has 3 aliphatic heterocycles. The quantitative estimate of drug-likeness (QED) is 0.834. The smallest absolute Gasteiger partial charge is 0.244 e. The number of benzene rings is 1. The van der Waals surface area contributed by atoms with Gasteiger partial charge in [-0.2, -0.15) is 0 Å². The number of para-hydroxylation sites is 1. The fourth-order valence-corrected chi connectivity index (χ4v) is 4.18. The molecule has 2 saturated heterocycles. The van der Waals surface area contributed by atoms with Crippen LogP contribution >= 0.6 is 0 Å². The average Bonchev–Trinajstić information content (AvgIpc) is 3.09. The minimum Gasteiger partial charge on any atom is -0.347 e. The van der Waals surface area contributed by atoms with Crippen LogP contribution in [-0.2, 0) is 20.7 Å². The molecular weight excluding hydrogens is 304 g/mol. The van der Waals surface area contributed by atoms with Gasteiger partial charge in [0.2, 0.25) is 5.91 Å². The third-order valence-corrected chi connectivity index (χ3v) is 5.65. The van der Waals surface area contributed by atoms with Crippen LogP contribution in [0.3, 0.4) is 0 Å². The molecular formula is C19H26N2O3. The number of anilines is 1. The van der Waals surface area contributed by atoms with E-state index in [1.165, 1.54) is 5.56 Å². The van der Waals surface area contributed by atoms with Crippen LogP contribution in [0.4, 0.5) is 5.69 Å². The predicted octanol–water partition coefficient (Wildman–Crippen LogP) is 2.19. The molecule has 3 heterocycles. The molecule has 2 fully saturated rings. The van der Waals surface area contributed by atoms with Crippen LogP contribution in [0, 0.1) is 0 Å². The van der Waals surface area contributed by atoms with Crippen molar-refractivity contribution in [3.8, 4) is 0 Å². The van der Waals surface area contributed by atoms with Crippen molar-refractivity contribution in [2.45, 2.75) is 44.4 Å². The zero-order valence-electron chi connectivity index (χ0n) is 14.4. The van der Waals surface area contributed by atoms with Crippen molar-refractivity contribution >= 4 is 11.6 Å². The molecule has 1 aromatic rings. The summed E-state index contributed by atoms with van der Waals surface area (Å²) in [5.41, 5.74) is 2.38. The summed E-state index contributed by atoms with van der Waals surface area (Å²) in [6.07, 6.45) is 3.80. The number of carbonyl (C=O) groups excluding carboxylic acids is 1. The summed E-state index contributed by atoms with van der Waals surface area (Å²) in [6.45, 7) is 5.95. The highest BCUT2D eigenvalue weighted by atomic mass is 16.7. The normalized spacial score (nSPS) is 24.8. The number of likely N-dealkylation sites (tertiary alicyclic amines) is 1. The monoisotopic (exact) mass is 330 g/mol. The highest BCUT2D eigenvalue weighted by Gasteiger charge is 2.42. The summed E-state index contributed by atoms with van der Waals surface area (Å²) in [5.74, 6) is -0.164. The van der Waals surface area contributed by atoms with Gasteiger partial charge in [0.05, 0.1) is 19.3 Å². The van der Waals surface area contributed by atoms with E-state index in [4.69, 9.17) is 9.47 Å². The summed E-state index contributed by atoms with van der Waals surface area (Å²) in [5, 5.41) is 0. The Hall–Kier alpha value is -1.43. The Labute approximate surface area is 143 Å². The first-order valence-corrected chi connectivity index (χ1v) is 9.10. The van der Waals surface area contributed by atoms with Gasteiger partial charge in [-0.1, -0.05) is 18.2 Å². The van der Waals surface area contributed by atoms with Gasteiger partial charge in [-0.25, -0.2) is 0 Å². The molecule has 3 aliphatic rings. The number of piperidine rings is 1. The second-order valence-corrected chi connectivity index (χ2v) is 7.04. The maximum atomic E-state index is 13.1. The molecule has 4 rings (SSSR count). The maximum Gasteiger partial charge on any atom is 0.244 e. The lowest BCUT2D eigenvalue weighted by atomic mass is 9.99. The van der Waals surface area contributed by atoms with Crippen LogP contribution in [0.25, 0.3) is 0 Å². The standard InChI is InChI=1S/C19H26N2O3/c1-15(20-11-8-19(9-12-20)23-13-14-24-19)18(22)21-10-4-6-16-5-2-3-7-17(16)21/h2-3,5,7,15H,4,6,8-14H2,1H3. The fourth-order valence-electron chi connectivity index (χ4n) is 4.18. The highest BCUT2D eigenvalue weighted by Crippen LogP contribution is 2.33. The average molecular weight is 330 g/mol. The zero-order chi connectivity index (χ0) is 16.6. The Kier molecular flexibility index (Phi) is 4.33. The molecule has 5 nitrogen and oxygen atoms in total. The van der Waals surface area contributed by atoms with Crippen LogP contribution in [-0.4, -0.2) is 55.5 Å². The van der Waals surface area contributed by atoms with E-state index in [-0.39, 0.29) is 17.7 Å². The Morgan fingerprint density at radius 1 is 1.12 bits per heavy atom. The molecule has 5 heteroatoms. The molecule has 0 saturated carbocycles. The number of nitrogens with zero attached hydrogens (tertiary/aromatic N) is 2. The lowest BCUT2D eigenvalue weighted by Crippen LogP contribution is -2.54. The Balaban J connectivity index is 1.44. The van der Waals surface area contributed by atoms with Gasteiger partial charge in [0, 0.05) is 38.2 Å². The van der Waals surface area contributed by atoms with Gasteiger partial charge >= 0.3 is 0 Å². The summed E-state index contributed by atoms with van der Waals surface area (Å²) in [4.78, 5) is 17.4. The van der Waals surface area contributed by atoms with E-state index in [1.807, 2.05) is 17.9 Å². The minimum atomic E-state index is -0.378. The van der Waals surface area contributed by atoms with Gasteiger partial charge < -0.3 is 14.4 Å². The van der Waals surface area contributed by atoms with Crippen LogP contribution in [0.1, 0.15) is 31.7 Å². The predicted molar refractivity (Wildman–Crippen MR) is 92.0 cm³/mol. The van der Waals surface area contributed by atoms with Crippen molar-refractivity contribution in [1.29, 1.82) is 0 Å². The van der Waals surface area contributed by atoms with Gasteiger partial charge in [-0.15, -0.1) is 0 Å². The number of hydrogen-bond donors (Lipinski definition) is 0. The summed E-state index contributed by atoms with van der Waals surface area (Å²) < 4.78 is 11.6. The lowest BCUT2D eigenvalue weighted by molar-refractivity contribution is -0.188. The third kappa shape index (κ3) is 2.85. The van der Waals surface area contributed by atoms with Crippen molar-refractivity contribution in [1.82, 2.24) is 4.90 Å². The molecule has 1 amide bonds. The molecule has 0 aromatic heterocycles. The number of carbonyl (C=O) groups is 1. The number of ether oxygens (including phenoxy) is 2. The first-order chi connectivity index (χ1) is 11.7. The topological polar surface area (TPSA) is 42.0 Å². The summed E-state index contributed by atoms with van der Waals surface area (Å²) >= 11 is 0. The SMILES string of the molecule is CC(C(=O)N1CCCc2ccccc21)N1CCC2(CC1)OCCO2. The van der Waals surface area contributed by atoms with Crippen molar-refractivity contribution in [2.75, 3.05) is 37.7 Å². The van der Waals surface area contributed by atoms with E-state index in [2.05, 4.69) is 23.1 Å². The summed E-state index contributed by atoms with van der Waals surface area (Å²) in [7, 11) is 0. The van der Waals surface area contributed by atoms with Gasteiger partial charge in [-0.05, 0) is 31.4 Å². The molecule has 0 aliphatic carbocycles. The molecule has 0 N–H and O–H groups in total. The Morgan fingerprint density at radius 2 is 1.83 bits per heavy atom. The van der Waals surface area contributed by atoms with E-state index >= 15 is 0 Å². The van der Waals surface area contributed by atoms with E-state index in [1.54, 1.807) is 0 Å². The first-order valence-electron chi connectivity index (χ1n) is 9.10. The second-order valence-electron chi connectivity index (χ2n) is 7.04. The summed E-state index contributed by atoms with van der Waals surface area (Å²) in [6, 6.07) is 8.19. The lowest BCUT2D eigenvalue weighted by Gasteiger charge is -2.41. The highest BCUT2D eigenvalue weighted by molar-refractivity contribution is 5.98. The van der Waals surface area contributed by atoms with Gasteiger partial charge in [0.1, 0.15) is 0 Å². The Bertz CT molecular complexity index is 602. The molecule has 24 heavy (non-hydrogen) atoms. The molecule has 0 bridgehead atoms. The molecule has 130 valence electrons. The number of fused-ring (bicyclic) bond motifs is 1. The second kappa shape index (κ2) is 6.47. The first kappa shape index (κ1) is 16.1. The van der Waals surface area contributed by atoms with Crippen molar-refractivity contribution in [3.63, 3.8) is 0 Å². The van der Waals surface area contributed by atoms with E-state index < -0.39 is 0 Å². The number of hydrogen-bond acceptors (Lipinski definition) is 4. The van der Waals surface area contributed by atoms with Gasteiger partial charge in [0.25, 0.3) is 0 Å². The van der Waals surface area contributed by atoms with Gasteiger partial charge in [-0.3, -0.25) is 9.69 Å². The van der Waals surface area contributed by atoms with Crippen molar-refractivity contribution in [3.05, 3.63) is 29.8 Å². The van der Waals surface area contributed by atoms with Crippen LogP contribution in [0.15, 0.2) is 24.3 Å². The van der Waals surface area contributed by atoms with E-state index in [9.17, 15) is 4.79 Å². The maximum absolute atomic E-state index is 13.1. The largest absolute Gasteiger partial charge is 0.347 e. The number of rotatable bonds is 2. The molecule has 1 atom stereocenters. The van der Waals surface area contributed by atoms with Crippen LogP contribution < -0.4 is 4.90 Å². The van der Waals surface area contributed by atoms with Crippen molar-refractivity contribution < 1.29 is 14.3 Å². The van der Waals surface area contributed by atoms with Crippen LogP contribution in [0.2, 0.25) is 0 Å². The molecule has 1 unspecified atom stereocenters. The number of aryl methyl sites for hydroxylation is 1.